The van der Waals surface area contributed by atoms with Crippen molar-refractivity contribution >= 4 is 15.7 Å². The molecule has 1 aliphatic carbocycles. The summed E-state index contributed by atoms with van der Waals surface area (Å²) in [6, 6.07) is 7.01. The van der Waals surface area contributed by atoms with Gasteiger partial charge in [0.15, 0.2) is 9.84 Å². The van der Waals surface area contributed by atoms with Crippen molar-refractivity contribution < 1.29 is 17.9 Å². The van der Waals surface area contributed by atoms with Crippen molar-refractivity contribution in [1.82, 2.24) is 4.90 Å². The van der Waals surface area contributed by atoms with E-state index in [0.29, 0.717) is 11.4 Å². The van der Waals surface area contributed by atoms with E-state index in [0.717, 1.165) is 70.1 Å². The Morgan fingerprint density at radius 3 is 2.43 bits per heavy atom. The molecule has 1 atom stereocenters. The molecule has 28 heavy (non-hydrogen) atoms. The van der Waals surface area contributed by atoms with Gasteiger partial charge in [-0.2, -0.15) is 0 Å². The third kappa shape index (κ3) is 4.60. The zero-order valence-electron chi connectivity index (χ0n) is 17.2. The molecule has 1 heterocycles. The van der Waals surface area contributed by atoms with Gasteiger partial charge < -0.3 is 9.64 Å². The van der Waals surface area contributed by atoms with Gasteiger partial charge >= 0.3 is 0 Å². The number of benzene rings is 1. The summed E-state index contributed by atoms with van der Waals surface area (Å²) in [6.45, 7) is 4.30. The van der Waals surface area contributed by atoms with Gasteiger partial charge in [0.25, 0.3) is 0 Å². The zero-order chi connectivity index (χ0) is 20.2. The topological polar surface area (TPSA) is 63.7 Å². The second-order valence-electron chi connectivity index (χ2n) is 8.33. The van der Waals surface area contributed by atoms with Gasteiger partial charge in [-0.1, -0.05) is 38.3 Å². The average Bonchev–Trinajstić information content (AvgIpc) is 2.72. The number of ether oxygens (including phenoxy) is 1. The van der Waals surface area contributed by atoms with Crippen LogP contribution in [0.25, 0.3) is 0 Å². The minimum Gasteiger partial charge on any atom is -0.376 e. The first-order valence-electron chi connectivity index (χ1n) is 10.6. The Morgan fingerprint density at radius 1 is 1.14 bits per heavy atom. The Kier molecular flexibility index (Phi) is 6.81. The second-order valence-corrected chi connectivity index (χ2v) is 10.3. The molecule has 1 saturated carbocycles. The number of sulfone groups is 1. The van der Waals surface area contributed by atoms with Crippen LogP contribution in [-0.2, 0) is 24.8 Å². The van der Waals surface area contributed by atoms with Gasteiger partial charge in [-0.05, 0) is 49.8 Å². The Labute approximate surface area is 169 Å². The molecule has 1 aromatic rings. The SMILES string of the molecule is CCCOC1CCCN(C(=O)C2(c3ccc(S(C)(=O)=O)cc3)CCCCC2)C1. The van der Waals surface area contributed by atoms with Gasteiger partial charge in [0.05, 0.1) is 16.4 Å². The largest absolute Gasteiger partial charge is 0.376 e. The average molecular weight is 408 g/mol. The monoisotopic (exact) mass is 407 g/mol. The highest BCUT2D eigenvalue weighted by Gasteiger charge is 2.44. The van der Waals surface area contributed by atoms with Crippen LogP contribution in [0.3, 0.4) is 0 Å². The maximum atomic E-state index is 13.7. The molecule has 1 aliphatic heterocycles. The summed E-state index contributed by atoms with van der Waals surface area (Å²) in [6.07, 6.45) is 9.20. The molecule has 5 nitrogen and oxygen atoms in total. The van der Waals surface area contributed by atoms with E-state index < -0.39 is 15.3 Å². The fourth-order valence-corrected chi connectivity index (χ4v) is 5.28. The number of hydrogen-bond donors (Lipinski definition) is 0. The van der Waals surface area contributed by atoms with E-state index in [9.17, 15) is 13.2 Å². The normalized spacial score (nSPS) is 22.8. The predicted molar refractivity (Wildman–Crippen MR) is 110 cm³/mol. The van der Waals surface area contributed by atoms with Crippen LogP contribution < -0.4 is 0 Å². The fraction of sp³-hybridized carbons (Fsp3) is 0.682. The van der Waals surface area contributed by atoms with Crippen molar-refractivity contribution in [2.75, 3.05) is 26.0 Å². The molecule has 0 aromatic heterocycles. The smallest absolute Gasteiger partial charge is 0.233 e. The van der Waals surface area contributed by atoms with Crippen LogP contribution in [0.1, 0.15) is 63.9 Å². The number of likely N-dealkylation sites (tertiary alicyclic amines) is 1. The lowest BCUT2D eigenvalue weighted by molar-refractivity contribution is -0.143. The van der Waals surface area contributed by atoms with Crippen molar-refractivity contribution in [2.45, 2.75) is 74.7 Å². The minimum absolute atomic E-state index is 0.130. The summed E-state index contributed by atoms with van der Waals surface area (Å²) in [4.78, 5) is 16.0. The molecule has 1 amide bonds. The number of carbonyl (C=O) groups excluding carboxylic acids is 1. The summed E-state index contributed by atoms with van der Waals surface area (Å²) >= 11 is 0. The summed E-state index contributed by atoms with van der Waals surface area (Å²) in [5, 5.41) is 0. The number of hydrogen-bond acceptors (Lipinski definition) is 4. The molecule has 2 fully saturated rings. The number of amides is 1. The van der Waals surface area contributed by atoms with Crippen LogP contribution in [0.4, 0.5) is 0 Å². The standard InChI is InChI=1S/C22H33NO4S/c1-3-16-27-19-8-7-15-23(17-19)21(24)22(13-5-4-6-14-22)18-9-11-20(12-10-18)28(2,25)26/h9-12,19H,3-8,13-17H2,1-2H3. The molecule has 156 valence electrons. The highest BCUT2D eigenvalue weighted by molar-refractivity contribution is 7.90. The summed E-state index contributed by atoms with van der Waals surface area (Å²) in [7, 11) is -3.24. The van der Waals surface area contributed by atoms with E-state index in [1.165, 1.54) is 6.26 Å². The molecule has 0 N–H and O–H groups in total. The molecular weight excluding hydrogens is 374 g/mol. The lowest BCUT2D eigenvalue weighted by Crippen LogP contribution is -2.52. The molecule has 1 aromatic carbocycles. The molecule has 3 rings (SSSR count). The third-order valence-corrected chi connectivity index (χ3v) is 7.30. The van der Waals surface area contributed by atoms with Gasteiger partial charge in [0.1, 0.15) is 0 Å². The zero-order valence-corrected chi connectivity index (χ0v) is 18.0. The van der Waals surface area contributed by atoms with Gasteiger partial charge in [-0.3, -0.25) is 4.79 Å². The summed E-state index contributed by atoms with van der Waals surface area (Å²) < 4.78 is 29.6. The van der Waals surface area contributed by atoms with Crippen molar-refractivity contribution in [3.05, 3.63) is 29.8 Å². The van der Waals surface area contributed by atoms with Crippen LogP contribution in [0.5, 0.6) is 0 Å². The molecule has 0 radical (unpaired) electrons. The van der Waals surface area contributed by atoms with E-state index in [-0.39, 0.29) is 12.0 Å². The highest BCUT2D eigenvalue weighted by atomic mass is 32.2. The lowest BCUT2D eigenvalue weighted by atomic mass is 9.68. The number of piperidine rings is 1. The Bertz CT molecular complexity index is 766. The molecule has 1 unspecified atom stereocenters. The van der Waals surface area contributed by atoms with E-state index in [1.54, 1.807) is 12.1 Å². The van der Waals surface area contributed by atoms with Crippen molar-refractivity contribution in [3.8, 4) is 0 Å². The lowest BCUT2D eigenvalue weighted by Gasteiger charge is -2.43. The molecule has 6 heteroatoms. The minimum atomic E-state index is -3.24. The predicted octanol–water partition coefficient (Wildman–Crippen LogP) is 3.71. The molecular formula is C22H33NO4S. The first-order chi connectivity index (χ1) is 13.4. The summed E-state index contributed by atoms with van der Waals surface area (Å²) in [5.74, 6) is 0.198. The Balaban J connectivity index is 1.85. The van der Waals surface area contributed by atoms with Gasteiger partial charge in [-0.15, -0.1) is 0 Å². The van der Waals surface area contributed by atoms with Crippen LogP contribution >= 0.6 is 0 Å². The van der Waals surface area contributed by atoms with Crippen LogP contribution in [0.15, 0.2) is 29.2 Å². The fourth-order valence-electron chi connectivity index (χ4n) is 4.65. The van der Waals surface area contributed by atoms with Crippen molar-refractivity contribution in [2.24, 2.45) is 0 Å². The Morgan fingerprint density at radius 2 is 1.82 bits per heavy atom. The second kappa shape index (κ2) is 8.95. The number of carbonyl (C=O) groups is 1. The first kappa shape index (κ1) is 21.3. The van der Waals surface area contributed by atoms with E-state index >= 15 is 0 Å². The Hall–Kier alpha value is -1.40. The van der Waals surface area contributed by atoms with Crippen molar-refractivity contribution in [1.29, 1.82) is 0 Å². The van der Waals surface area contributed by atoms with E-state index in [2.05, 4.69) is 6.92 Å². The third-order valence-electron chi connectivity index (χ3n) is 6.17. The van der Waals surface area contributed by atoms with E-state index in [1.807, 2.05) is 17.0 Å². The maximum absolute atomic E-state index is 13.7. The molecule has 0 spiro atoms. The van der Waals surface area contributed by atoms with Crippen molar-refractivity contribution in [3.63, 3.8) is 0 Å². The van der Waals surface area contributed by atoms with E-state index in [4.69, 9.17) is 4.74 Å². The first-order valence-corrected chi connectivity index (χ1v) is 12.5. The maximum Gasteiger partial charge on any atom is 0.233 e. The molecule has 1 saturated heterocycles. The quantitative estimate of drug-likeness (QED) is 0.721. The molecule has 2 aliphatic rings. The van der Waals surface area contributed by atoms with Gasteiger partial charge in [0.2, 0.25) is 5.91 Å². The van der Waals surface area contributed by atoms with Gasteiger partial charge in [0, 0.05) is 26.0 Å². The van der Waals surface area contributed by atoms with Crippen LogP contribution in [0.2, 0.25) is 0 Å². The van der Waals surface area contributed by atoms with Crippen LogP contribution in [0, 0.1) is 0 Å². The number of rotatable bonds is 6. The van der Waals surface area contributed by atoms with Crippen LogP contribution in [-0.4, -0.2) is 51.3 Å². The highest BCUT2D eigenvalue weighted by Crippen LogP contribution is 2.42. The number of nitrogens with zero attached hydrogens (tertiary/aromatic N) is 1. The summed E-state index contributed by atoms with van der Waals surface area (Å²) in [5.41, 5.74) is 0.433. The van der Waals surface area contributed by atoms with Gasteiger partial charge in [-0.25, -0.2) is 8.42 Å². The molecule has 0 bridgehead atoms.